The third-order valence-corrected chi connectivity index (χ3v) is 9.74. The Labute approximate surface area is 279 Å². The summed E-state index contributed by atoms with van der Waals surface area (Å²) < 4.78 is 0. The molecule has 1 fully saturated rings. The number of hydrogen-bond donors (Lipinski definition) is 1. The summed E-state index contributed by atoms with van der Waals surface area (Å²) in [7, 11) is 0. The fraction of sp³-hybridized carbons (Fsp3) is 0.314. The molecule has 4 nitrogen and oxygen atoms in total. The molecule has 1 saturated carbocycles. The average molecular weight is 608 g/mol. The van der Waals surface area contributed by atoms with Gasteiger partial charge in [0.2, 0.25) is 0 Å². The fourth-order valence-corrected chi connectivity index (χ4v) is 7.08. The first-order valence-corrected chi connectivity index (χ1v) is 15.5. The molecule has 0 radical (unpaired) electrons. The summed E-state index contributed by atoms with van der Waals surface area (Å²) in [5, 5.41) is 24.2. The Balaban J connectivity index is 0.00000405. The maximum Gasteiger partial charge on any atom is 1.00 e. The first-order chi connectivity index (χ1) is 19.6. The Kier molecular flexibility index (Phi) is 11.0. The van der Waals surface area contributed by atoms with Gasteiger partial charge in [0.15, 0.2) is 0 Å². The van der Waals surface area contributed by atoms with Gasteiger partial charge in [0.25, 0.3) is 0 Å². The van der Waals surface area contributed by atoms with Crippen molar-refractivity contribution >= 4 is 52.4 Å². The molecule has 4 aromatic rings. The largest absolute Gasteiger partial charge is 1.00 e. The average Bonchev–Trinajstić information content (AvgIpc) is 3.70. The third kappa shape index (κ3) is 8.72. The number of pyridine rings is 1. The van der Waals surface area contributed by atoms with Crippen LogP contribution in [0.3, 0.4) is 0 Å². The Bertz CT molecular complexity index is 1580. The molecule has 1 aliphatic rings. The van der Waals surface area contributed by atoms with Crippen molar-refractivity contribution in [3.8, 4) is 0 Å². The van der Waals surface area contributed by atoms with Crippen LogP contribution in [0.5, 0.6) is 0 Å². The predicted octanol–water partition coefficient (Wildman–Crippen LogP) is 5.32. The number of fused-ring (bicyclic) bond motifs is 1. The third-order valence-electron chi connectivity index (χ3n) is 7.82. The molecule has 0 aliphatic heterocycles. The van der Waals surface area contributed by atoms with Gasteiger partial charge in [-0.05, 0) is 72.1 Å². The van der Waals surface area contributed by atoms with E-state index in [-0.39, 0.29) is 46.6 Å². The van der Waals surface area contributed by atoms with Gasteiger partial charge in [-0.2, -0.15) is 11.8 Å². The second kappa shape index (κ2) is 14.1. The number of benzene rings is 3. The Morgan fingerprint density at radius 2 is 1.83 bits per heavy atom. The van der Waals surface area contributed by atoms with Gasteiger partial charge in [0.1, 0.15) is 0 Å². The molecule has 1 aliphatic carbocycles. The van der Waals surface area contributed by atoms with Gasteiger partial charge in [0, 0.05) is 21.4 Å². The van der Waals surface area contributed by atoms with Crippen LogP contribution in [0.15, 0.2) is 78.9 Å². The maximum atomic E-state index is 12.9. The zero-order valence-corrected chi connectivity index (χ0v) is 28.0. The zero-order valence-electron chi connectivity index (χ0n) is 24.5. The molecule has 42 heavy (non-hydrogen) atoms. The summed E-state index contributed by atoms with van der Waals surface area (Å²) in [6, 6.07) is 26.2. The fourth-order valence-electron chi connectivity index (χ4n) is 5.35. The quantitative estimate of drug-likeness (QED) is 0.221. The van der Waals surface area contributed by atoms with Crippen LogP contribution in [0.4, 0.5) is 0 Å². The number of carboxylic acid groups (broad SMARTS) is 1. The molecule has 0 spiro atoms. The summed E-state index contributed by atoms with van der Waals surface area (Å²) in [6.45, 7) is 3.44. The van der Waals surface area contributed by atoms with E-state index in [1.165, 1.54) is 5.56 Å². The van der Waals surface area contributed by atoms with E-state index in [1.54, 1.807) is 13.8 Å². The van der Waals surface area contributed by atoms with Crippen molar-refractivity contribution in [2.75, 3.05) is 5.75 Å². The summed E-state index contributed by atoms with van der Waals surface area (Å²) >= 11 is 8.02. The van der Waals surface area contributed by atoms with Crippen LogP contribution in [-0.2, 0) is 16.8 Å². The van der Waals surface area contributed by atoms with Crippen molar-refractivity contribution in [2.45, 2.75) is 56.8 Å². The van der Waals surface area contributed by atoms with E-state index in [0.717, 1.165) is 64.7 Å². The van der Waals surface area contributed by atoms with Crippen molar-refractivity contribution < 1.29 is 44.6 Å². The second-order valence-electron chi connectivity index (χ2n) is 11.7. The molecule has 212 valence electrons. The summed E-state index contributed by atoms with van der Waals surface area (Å²) in [6.07, 6.45) is 7.91. The van der Waals surface area contributed by atoms with E-state index < -0.39 is 11.6 Å². The number of aromatic nitrogens is 1. The number of nitrogens with zero attached hydrogens (tertiary/aromatic N) is 1. The molecule has 0 bridgehead atoms. The SMILES string of the molecule is CC(C)([O-])c1ccccc1CC[C@@H](SCC1(CC(=O)O)CC1)c1cccc(/C=C/c2ccc3ccc(Cl)cc3n2)c1.[Na+]. The van der Waals surface area contributed by atoms with Gasteiger partial charge < -0.3 is 10.2 Å². The molecule has 1 atom stereocenters. The minimum absolute atomic E-state index is 0. The van der Waals surface area contributed by atoms with Crippen LogP contribution < -0.4 is 34.7 Å². The van der Waals surface area contributed by atoms with Gasteiger partial charge in [-0.15, -0.1) is 0 Å². The molecule has 7 heteroatoms. The van der Waals surface area contributed by atoms with Crippen LogP contribution in [0.25, 0.3) is 23.1 Å². The number of hydrogen-bond acceptors (Lipinski definition) is 4. The van der Waals surface area contributed by atoms with E-state index in [4.69, 9.17) is 16.6 Å². The molecule has 0 saturated heterocycles. The number of thioether (sulfide) groups is 1. The topological polar surface area (TPSA) is 73.2 Å². The molecule has 0 amide bonds. The van der Waals surface area contributed by atoms with Gasteiger partial charge >= 0.3 is 35.5 Å². The van der Waals surface area contributed by atoms with E-state index in [1.807, 2.05) is 66.4 Å². The Morgan fingerprint density at radius 3 is 2.57 bits per heavy atom. The van der Waals surface area contributed by atoms with Crippen molar-refractivity contribution in [3.05, 3.63) is 112 Å². The number of aryl methyl sites for hydroxylation is 1. The van der Waals surface area contributed by atoms with Crippen molar-refractivity contribution in [3.63, 3.8) is 0 Å². The molecular weight excluding hydrogens is 573 g/mol. The standard InChI is InChI=1S/C35H35ClNO3S.Na/c1-34(2,40)30-9-4-3-7-25(30)13-17-32(41-23-35(18-19-35)22-33(38)39)27-8-5-6-24(20-27)10-15-29-16-12-26-11-14-28(36)21-31(26)37-29;/h3-12,14-16,20-21,32H,13,17-19,22-23H2,1-2H3,(H,38,39);/q-1;+1/b15-10+;/t32-;/m1./s1. The molecule has 3 aromatic carbocycles. The number of aliphatic carboxylic acids is 1. The molecule has 5 rings (SSSR count). The van der Waals surface area contributed by atoms with Crippen LogP contribution in [-0.4, -0.2) is 21.8 Å². The molecular formula is C35H35ClNNaO3S. The van der Waals surface area contributed by atoms with Crippen LogP contribution in [0, 0.1) is 5.41 Å². The first kappa shape index (κ1) is 32.8. The summed E-state index contributed by atoms with van der Waals surface area (Å²) in [5.74, 6) is 0.102. The van der Waals surface area contributed by atoms with Crippen LogP contribution in [0.2, 0.25) is 5.02 Å². The minimum atomic E-state index is -1.16. The van der Waals surface area contributed by atoms with Crippen molar-refractivity contribution in [1.29, 1.82) is 0 Å². The smallest absolute Gasteiger partial charge is 0.846 e. The molecule has 1 N–H and O–H groups in total. The van der Waals surface area contributed by atoms with E-state index in [9.17, 15) is 15.0 Å². The number of halogens is 1. The maximum absolute atomic E-state index is 12.9. The number of carbonyl (C=O) groups is 1. The van der Waals surface area contributed by atoms with Gasteiger partial charge in [0.05, 0.1) is 17.6 Å². The first-order valence-electron chi connectivity index (χ1n) is 14.1. The Morgan fingerprint density at radius 1 is 1.07 bits per heavy atom. The predicted molar refractivity (Wildman–Crippen MR) is 169 cm³/mol. The summed E-state index contributed by atoms with van der Waals surface area (Å²) in [5.41, 5.74) is 4.68. The van der Waals surface area contributed by atoms with Crippen molar-refractivity contribution in [1.82, 2.24) is 4.98 Å². The minimum Gasteiger partial charge on any atom is -0.846 e. The second-order valence-corrected chi connectivity index (χ2v) is 13.3. The van der Waals surface area contributed by atoms with E-state index >= 15 is 0 Å². The van der Waals surface area contributed by atoms with Crippen LogP contribution >= 0.6 is 23.4 Å². The number of rotatable bonds is 12. The molecule has 0 unspecified atom stereocenters. The van der Waals surface area contributed by atoms with Gasteiger partial charge in [-0.25, -0.2) is 4.98 Å². The zero-order chi connectivity index (χ0) is 29.0. The number of carboxylic acids is 1. The van der Waals surface area contributed by atoms with Crippen molar-refractivity contribution in [2.24, 2.45) is 5.41 Å². The molecule has 1 aromatic heterocycles. The van der Waals surface area contributed by atoms with E-state index in [0.29, 0.717) is 5.02 Å². The van der Waals surface area contributed by atoms with E-state index in [2.05, 4.69) is 36.4 Å². The van der Waals surface area contributed by atoms with Gasteiger partial charge in [-0.3, -0.25) is 4.79 Å². The van der Waals surface area contributed by atoms with Crippen LogP contribution in [0.1, 0.15) is 72.7 Å². The Hall–Kier alpha value is -2.12. The van der Waals surface area contributed by atoms with Gasteiger partial charge in [-0.1, -0.05) is 103 Å². The molecule has 1 heterocycles. The normalized spacial score (nSPS) is 15.0. The summed E-state index contributed by atoms with van der Waals surface area (Å²) in [4.78, 5) is 16.2. The monoisotopic (exact) mass is 607 g/mol.